The number of halogens is 1. The highest BCUT2D eigenvalue weighted by Gasteiger charge is 2.11. The summed E-state index contributed by atoms with van der Waals surface area (Å²) >= 11 is 0. The minimum absolute atomic E-state index is 0. The first-order chi connectivity index (χ1) is 11.2. The number of hydrogen-bond acceptors (Lipinski definition) is 4. The second-order valence-corrected chi connectivity index (χ2v) is 5.28. The number of nitrogens with zero attached hydrogens (tertiary/aromatic N) is 2. The maximum absolute atomic E-state index is 10.6. The molecule has 1 aliphatic rings. The molecule has 0 unspecified atom stereocenters. The molecule has 8 heteroatoms. The third kappa shape index (κ3) is 6.73. The van der Waals surface area contributed by atoms with Crippen LogP contribution in [0.15, 0.2) is 41.4 Å². The van der Waals surface area contributed by atoms with Gasteiger partial charge in [-0.05, 0) is 31.9 Å². The zero-order valence-electron chi connectivity index (χ0n) is 13.7. The van der Waals surface area contributed by atoms with Gasteiger partial charge >= 0.3 is 0 Å². The summed E-state index contributed by atoms with van der Waals surface area (Å²) in [5.74, 6) is 0.826. The van der Waals surface area contributed by atoms with Crippen molar-refractivity contribution in [3.05, 3.63) is 46.5 Å². The smallest absolute Gasteiger partial charge is 0.269 e. The van der Waals surface area contributed by atoms with Crippen molar-refractivity contribution in [2.75, 3.05) is 25.0 Å². The summed E-state index contributed by atoms with van der Waals surface area (Å²) in [5, 5.41) is 20.5. The molecule has 0 atom stereocenters. The molecule has 2 rings (SSSR count). The predicted molar refractivity (Wildman–Crippen MR) is 108 cm³/mol. The first kappa shape index (κ1) is 20.2. The highest BCUT2D eigenvalue weighted by atomic mass is 127. The lowest BCUT2D eigenvalue weighted by molar-refractivity contribution is -0.384. The fraction of sp³-hybridized carbons (Fsp3) is 0.438. The summed E-state index contributed by atoms with van der Waals surface area (Å²) in [5.41, 5.74) is 0.945. The minimum atomic E-state index is -0.402. The molecule has 1 aromatic carbocycles. The van der Waals surface area contributed by atoms with E-state index in [9.17, 15) is 10.1 Å². The standard InChI is InChI=1S/C16H23N5O2.HI/c1-2-17-16(20-14-5-3-4-6-14)19-12-11-18-13-7-9-15(10-8-13)21(22)23;/h3-4,7-10,14,18H,2,5-6,11-12H2,1H3,(H2,17,19,20);1H. The summed E-state index contributed by atoms with van der Waals surface area (Å²) in [6.07, 6.45) is 6.42. The Balaban J connectivity index is 0.00000288. The number of anilines is 1. The van der Waals surface area contributed by atoms with Crippen molar-refractivity contribution < 1.29 is 4.92 Å². The first-order valence-corrected chi connectivity index (χ1v) is 7.87. The van der Waals surface area contributed by atoms with Crippen LogP contribution in [0.25, 0.3) is 0 Å². The number of nitro groups is 1. The Labute approximate surface area is 159 Å². The van der Waals surface area contributed by atoms with Crippen LogP contribution in [0.1, 0.15) is 19.8 Å². The van der Waals surface area contributed by atoms with Crippen LogP contribution < -0.4 is 16.0 Å². The van der Waals surface area contributed by atoms with Gasteiger partial charge in [-0.25, -0.2) is 0 Å². The van der Waals surface area contributed by atoms with Gasteiger partial charge in [-0.15, -0.1) is 24.0 Å². The molecule has 0 saturated heterocycles. The predicted octanol–water partition coefficient (Wildman–Crippen LogP) is 2.90. The Morgan fingerprint density at radius 3 is 2.54 bits per heavy atom. The summed E-state index contributed by atoms with van der Waals surface area (Å²) in [6, 6.07) is 6.81. The van der Waals surface area contributed by atoms with Crippen molar-refractivity contribution in [1.29, 1.82) is 0 Å². The molecule has 132 valence electrons. The van der Waals surface area contributed by atoms with Crippen LogP contribution in [0.4, 0.5) is 11.4 Å². The third-order valence-electron chi connectivity index (χ3n) is 3.48. The van der Waals surface area contributed by atoms with Crippen LogP contribution in [0.2, 0.25) is 0 Å². The fourth-order valence-corrected chi connectivity index (χ4v) is 2.32. The van der Waals surface area contributed by atoms with E-state index in [1.165, 1.54) is 12.1 Å². The average Bonchev–Trinajstić information content (AvgIpc) is 3.05. The number of nitrogens with one attached hydrogen (secondary N) is 3. The van der Waals surface area contributed by atoms with Gasteiger partial charge in [0.05, 0.1) is 11.5 Å². The second kappa shape index (κ2) is 10.8. The molecular formula is C16H24IN5O2. The van der Waals surface area contributed by atoms with E-state index in [1.807, 2.05) is 6.92 Å². The first-order valence-electron chi connectivity index (χ1n) is 7.87. The van der Waals surface area contributed by atoms with E-state index < -0.39 is 4.92 Å². The minimum Gasteiger partial charge on any atom is -0.383 e. The fourth-order valence-electron chi connectivity index (χ4n) is 2.32. The monoisotopic (exact) mass is 445 g/mol. The Morgan fingerprint density at radius 2 is 1.96 bits per heavy atom. The molecule has 24 heavy (non-hydrogen) atoms. The van der Waals surface area contributed by atoms with Crippen LogP contribution in [-0.2, 0) is 0 Å². The molecule has 1 aromatic rings. The molecule has 1 aliphatic carbocycles. The maximum atomic E-state index is 10.6. The third-order valence-corrected chi connectivity index (χ3v) is 3.48. The van der Waals surface area contributed by atoms with Gasteiger partial charge in [-0.1, -0.05) is 12.2 Å². The zero-order chi connectivity index (χ0) is 16.5. The molecule has 0 fully saturated rings. The van der Waals surface area contributed by atoms with Crippen LogP contribution in [-0.4, -0.2) is 36.6 Å². The van der Waals surface area contributed by atoms with E-state index in [4.69, 9.17) is 0 Å². The normalized spacial score (nSPS) is 14.1. The van der Waals surface area contributed by atoms with Gasteiger partial charge in [0, 0.05) is 37.0 Å². The largest absolute Gasteiger partial charge is 0.383 e. The van der Waals surface area contributed by atoms with Crippen molar-refractivity contribution in [1.82, 2.24) is 10.6 Å². The molecule has 7 nitrogen and oxygen atoms in total. The van der Waals surface area contributed by atoms with Gasteiger partial charge < -0.3 is 16.0 Å². The number of benzene rings is 1. The Bertz CT molecular complexity index is 566. The van der Waals surface area contributed by atoms with Crippen molar-refractivity contribution in [3.8, 4) is 0 Å². The number of non-ortho nitro benzene ring substituents is 1. The molecule has 0 saturated carbocycles. The topological polar surface area (TPSA) is 91.6 Å². The zero-order valence-corrected chi connectivity index (χ0v) is 16.0. The van der Waals surface area contributed by atoms with Gasteiger partial charge in [0.25, 0.3) is 5.69 Å². The van der Waals surface area contributed by atoms with Crippen LogP contribution >= 0.6 is 24.0 Å². The van der Waals surface area contributed by atoms with Gasteiger partial charge in [0.1, 0.15) is 0 Å². The summed E-state index contributed by atoms with van der Waals surface area (Å²) in [4.78, 5) is 14.7. The van der Waals surface area contributed by atoms with Crippen molar-refractivity contribution >= 4 is 41.3 Å². The van der Waals surface area contributed by atoms with Crippen LogP contribution in [0.5, 0.6) is 0 Å². The van der Waals surface area contributed by atoms with Gasteiger partial charge in [0.2, 0.25) is 0 Å². The number of aliphatic imine (C=N–C) groups is 1. The highest BCUT2D eigenvalue weighted by Crippen LogP contribution is 2.15. The molecule has 0 radical (unpaired) electrons. The molecule has 0 spiro atoms. The molecule has 3 N–H and O–H groups in total. The van der Waals surface area contributed by atoms with Crippen LogP contribution in [0, 0.1) is 10.1 Å². The number of guanidine groups is 1. The van der Waals surface area contributed by atoms with E-state index >= 15 is 0 Å². The van der Waals surface area contributed by atoms with Gasteiger partial charge in [-0.3, -0.25) is 15.1 Å². The Morgan fingerprint density at radius 1 is 1.29 bits per heavy atom. The lowest BCUT2D eigenvalue weighted by Gasteiger charge is -2.16. The molecule has 0 aromatic heterocycles. The summed E-state index contributed by atoms with van der Waals surface area (Å²) in [6.45, 7) is 4.14. The van der Waals surface area contributed by atoms with E-state index in [0.29, 0.717) is 19.1 Å². The summed E-state index contributed by atoms with van der Waals surface area (Å²) in [7, 11) is 0. The number of rotatable bonds is 7. The second-order valence-electron chi connectivity index (χ2n) is 5.28. The molecular weight excluding hydrogens is 421 g/mol. The lowest BCUT2D eigenvalue weighted by Crippen LogP contribution is -2.42. The Kier molecular flexibility index (Phi) is 9.13. The molecule has 0 heterocycles. The van der Waals surface area contributed by atoms with Crippen molar-refractivity contribution in [3.63, 3.8) is 0 Å². The lowest BCUT2D eigenvalue weighted by atomic mass is 10.2. The quantitative estimate of drug-likeness (QED) is 0.114. The van der Waals surface area contributed by atoms with Gasteiger partial charge in [0.15, 0.2) is 5.96 Å². The highest BCUT2D eigenvalue weighted by molar-refractivity contribution is 14.0. The maximum Gasteiger partial charge on any atom is 0.269 e. The molecule has 0 aliphatic heterocycles. The van der Waals surface area contributed by atoms with E-state index in [-0.39, 0.29) is 29.7 Å². The number of hydrogen-bond donors (Lipinski definition) is 3. The number of nitro benzene ring substituents is 1. The van der Waals surface area contributed by atoms with E-state index in [1.54, 1.807) is 12.1 Å². The van der Waals surface area contributed by atoms with E-state index in [2.05, 4.69) is 33.1 Å². The van der Waals surface area contributed by atoms with Crippen molar-refractivity contribution in [2.45, 2.75) is 25.8 Å². The Hall–Kier alpha value is -1.84. The van der Waals surface area contributed by atoms with Gasteiger partial charge in [-0.2, -0.15) is 0 Å². The molecule has 0 bridgehead atoms. The van der Waals surface area contributed by atoms with E-state index in [0.717, 1.165) is 31.0 Å². The summed E-state index contributed by atoms with van der Waals surface area (Å²) < 4.78 is 0. The SMILES string of the molecule is CCNC(=NCCNc1ccc([N+](=O)[O-])cc1)NC1CC=CC1.I. The molecule has 0 amide bonds. The average molecular weight is 445 g/mol. The van der Waals surface area contributed by atoms with Crippen LogP contribution in [0.3, 0.4) is 0 Å². The van der Waals surface area contributed by atoms with Crippen molar-refractivity contribution in [2.24, 2.45) is 4.99 Å².